The van der Waals surface area contributed by atoms with E-state index in [1.165, 1.54) is 16.5 Å². The van der Waals surface area contributed by atoms with Crippen LogP contribution in [0.4, 0.5) is 10.5 Å². The first-order valence-corrected chi connectivity index (χ1v) is 10.3. The van der Waals surface area contributed by atoms with Gasteiger partial charge in [-0.1, -0.05) is 29.8 Å². The third kappa shape index (κ3) is 4.02. The van der Waals surface area contributed by atoms with Crippen LogP contribution in [0.15, 0.2) is 36.7 Å². The van der Waals surface area contributed by atoms with Crippen LogP contribution in [0.1, 0.15) is 25.3 Å². The van der Waals surface area contributed by atoms with E-state index >= 15 is 0 Å². The summed E-state index contributed by atoms with van der Waals surface area (Å²) >= 11 is 6.32. The molecule has 2 aliphatic rings. The SMILES string of the molecule is CC(=O)N(C)c1cnn(C(=O)N2CCC3(CCN(Cc4ccccc4Cl)C3)C2)c1. The van der Waals surface area contributed by atoms with Crippen LogP contribution in [0.25, 0.3) is 0 Å². The molecule has 29 heavy (non-hydrogen) atoms. The Morgan fingerprint density at radius 2 is 1.97 bits per heavy atom. The van der Waals surface area contributed by atoms with E-state index in [-0.39, 0.29) is 17.4 Å². The Kier molecular flexibility index (Phi) is 5.36. The second kappa shape index (κ2) is 7.80. The zero-order chi connectivity index (χ0) is 20.6. The monoisotopic (exact) mass is 415 g/mol. The van der Waals surface area contributed by atoms with Gasteiger partial charge in [-0.05, 0) is 31.0 Å². The van der Waals surface area contributed by atoms with Crippen molar-refractivity contribution < 1.29 is 9.59 Å². The molecule has 8 heteroatoms. The summed E-state index contributed by atoms with van der Waals surface area (Å²) < 4.78 is 1.34. The van der Waals surface area contributed by atoms with Crippen molar-refractivity contribution in [2.24, 2.45) is 5.41 Å². The average Bonchev–Trinajstić information content (AvgIpc) is 3.43. The predicted octanol–water partition coefficient (Wildman–Crippen LogP) is 3.09. The fraction of sp³-hybridized carbons (Fsp3) is 0.476. The minimum absolute atomic E-state index is 0.0957. The van der Waals surface area contributed by atoms with Gasteiger partial charge in [0.15, 0.2) is 0 Å². The standard InChI is InChI=1S/C21H26ClN5O2/c1-16(28)24(2)18-11-23-27(13-18)20(29)26-10-8-21(15-26)7-9-25(14-21)12-17-5-3-4-6-19(17)22/h3-6,11,13H,7-10,12,14-15H2,1-2H3. The lowest BCUT2D eigenvalue weighted by Crippen LogP contribution is -2.36. The second-order valence-corrected chi connectivity index (χ2v) is 8.63. The molecule has 2 saturated heterocycles. The van der Waals surface area contributed by atoms with E-state index in [9.17, 15) is 9.59 Å². The summed E-state index contributed by atoms with van der Waals surface area (Å²) in [7, 11) is 1.67. The number of carbonyl (C=O) groups excluding carboxylic acids is 2. The normalized spacial score (nSPS) is 21.8. The van der Waals surface area contributed by atoms with Gasteiger partial charge in [0.2, 0.25) is 5.91 Å². The molecule has 0 aliphatic carbocycles. The van der Waals surface area contributed by atoms with E-state index in [2.05, 4.69) is 16.1 Å². The van der Waals surface area contributed by atoms with Crippen LogP contribution in [-0.4, -0.2) is 64.7 Å². The van der Waals surface area contributed by atoms with E-state index < -0.39 is 0 Å². The van der Waals surface area contributed by atoms with Gasteiger partial charge in [0, 0.05) is 50.6 Å². The molecule has 3 heterocycles. The van der Waals surface area contributed by atoms with Gasteiger partial charge in [0.1, 0.15) is 0 Å². The fourth-order valence-corrected chi connectivity index (χ4v) is 4.58. The minimum Gasteiger partial charge on any atom is -0.322 e. The van der Waals surface area contributed by atoms with Crippen molar-refractivity contribution in [1.82, 2.24) is 19.6 Å². The van der Waals surface area contributed by atoms with Crippen molar-refractivity contribution >= 4 is 29.2 Å². The highest BCUT2D eigenvalue weighted by molar-refractivity contribution is 6.31. The third-order valence-electron chi connectivity index (χ3n) is 6.20. The van der Waals surface area contributed by atoms with Gasteiger partial charge in [-0.3, -0.25) is 9.69 Å². The van der Waals surface area contributed by atoms with Crippen LogP contribution in [0.5, 0.6) is 0 Å². The topological polar surface area (TPSA) is 61.7 Å². The van der Waals surface area contributed by atoms with E-state index in [0.717, 1.165) is 56.2 Å². The molecule has 2 amide bonds. The van der Waals surface area contributed by atoms with Crippen LogP contribution >= 0.6 is 11.6 Å². The first kappa shape index (κ1) is 19.9. The zero-order valence-electron chi connectivity index (χ0n) is 16.8. The van der Waals surface area contributed by atoms with Crippen molar-refractivity contribution in [1.29, 1.82) is 0 Å². The molecule has 0 radical (unpaired) electrons. The maximum atomic E-state index is 12.9. The number of halogens is 1. The largest absolute Gasteiger partial charge is 0.344 e. The Bertz CT molecular complexity index is 929. The molecule has 1 atom stereocenters. The maximum Gasteiger partial charge on any atom is 0.344 e. The van der Waals surface area contributed by atoms with Gasteiger partial charge in [0.05, 0.1) is 18.1 Å². The zero-order valence-corrected chi connectivity index (χ0v) is 17.6. The molecule has 1 spiro atoms. The quantitative estimate of drug-likeness (QED) is 0.772. The molecule has 2 aromatic rings. The summed E-state index contributed by atoms with van der Waals surface area (Å²) in [4.78, 5) is 30.2. The van der Waals surface area contributed by atoms with Crippen LogP contribution in [0.2, 0.25) is 5.02 Å². The summed E-state index contributed by atoms with van der Waals surface area (Å²) in [5.41, 5.74) is 1.91. The lowest BCUT2D eigenvalue weighted by atomic mass is 9.86. The first-order chi connectivity index (χ1) is 13.9. The number of amides is 2. The van der Waals surface area contributed by atoms with Crippen LogP contribution < -0.4 is 4.90 Å². The Morgan fingerprint density at radius 3 is 2.72 bits per heavy atom. The Labute approximate surface area is 175 Å². The predicted molar refractivity (Wildman–Crippen MR) is 112 cm³/mol. The molecule has 1 aromatic carbocycles. The van der Waals surface area contributed by atoms with Crippen molar-refractivity contribution in [3.63, 3.8) is 0 Å². The highest BCUT2D eigenvalue weighted by Gasteiger charge is 2.45. The van der Waals surface area contributed by atoms with Crippen molar-refractivity contribution in [3.05, 3.63) is 47.2 Å². The van der Waals surface area contributed by atoms with Gasteiger partial charge in [0.25, 0.3) is 0 Å². The van der Waals surface area contributed by atoms with E-state index in [1.807, 2.05) is 23.1 Å². The fourth-order valence-electron chi connectivity index (χ4n) is 4.38. The number of hydrogen-bond acceptors (Lipinski definition) is 4. The molecule has 0 saturated carbocycles. The smallest absolute Gasteiger partial charge is 0.322 e. The molecule has 1 aromatic heterocycles. The van der Waals surface area contributed by atoms with Gasteiger partial charge < -0.3 is 9.80 Å². The van der Waals surface area contributed by atoms with Crippen molar-refractivity contribution in [3.8, 4) is 0 Å². The number of aromatic nitrogens is 2. The average molecular weight is 416 g/mol. The molecule has 7 nitrogen and oxygen atoms in total. The van der Waals surface area contributed by atoms with E-state index in [1.54, 1.807) is 19.4 Å². The van der Waals surface area contributed by atoms with E-state index in [4.69, 9.17) is 11.6 Å². The highest BCUT2D eigenvalue weighted by Crippen LogP contribution is 2.40. The number of rotatable bonds is 3. The number of hydrogen-bond donors (Lipinski definition) is 0. The molecule has 2 fully saturated rings. The Balaban J connectivity index is 1.38. The Morgan fingerprint density at radius 1 is 1.21 bits per heavy atom. The lowest BCUT2D eigenvalue weighted by molar-refractivity contribution is -0.116. The summed E-state index contributed by atoms with van der Waals surface area (Å²) in [5.74, 6) is -0.0957. The van der Waals surface area contributed by atoms with Gasteiger partial charge >= 0.3 is 6.03 Å². The molecular formula is C21H26ClN5O2. The van der Waals surface area contributed by atoms with Crippen LogP contribution in [0.3, 0.4) is 0 Å². The molecule has 0 N–H and O–H groups in total. The maximum absolute atomic E-state index is 12.9. The molecule has 154 valence electrons. The van der Waals surface area contributed by atoms with Crippen molar-refractivity contribution in [2.75, 3.05) is 38.1 Å². The molecular weight excluding hydrogens is 390 g/mol. The number of carbonyl (C=O) groups is 2. The number of anilines is 1. The summed E-state index contributed by atoms with van der Waals surface area (Å²) in [6.45, 7) is 5.79. The summed E-state index contributed by atoms with van der Waals surface area (Å²) in [6.07, 6.45) is 5.25. The second-order valence-electron chi connectivity index (χ2n) is 8.23. The molecule has 0 bridgehead atoms. The first-order valence-electron chi connectivity index (χ1n) is 9.91. The third-order valence-corrected chi connectivity index (χ3v) is 6.57. The summed E-state index contributed by atoms with van der Waals surface area (Å²) in [6, 6.07) is 7.85. The molecule has 1 unspecified atom stereocenters. The van der Waals surface area contributed by atoms with Crippen LogP contribution in [-0.2, 0) is 11.3 Å². The number of nitrogens with zero attached hydrogens (tertiary/aromatic N) is 5. The highest BCUT2D eigenvalue weighted by atomic mass is 35.5. The van der Waals surface area contributed by atoms with Gasteiger partial charge in [-0.25, -0.2) is 4.79 Å². The molecule has 2 aliphatic heterocycles. The molecule has 4 rings (SSSR count). The van der Waals surface area contributed by atoms with Crippen LogP contribution in [0, 0.1) is 5.41 Å². The van der Waals surface area contributed by atoms with Gasteiger partial charge in [-0.15, -0.1) is 0 Å². The number of likely N-dealkylation sites (tertiary alicyclic amines) is 2. The minimum atomic E-state index is -0.130. The number of benzene rings is 1. The Hall–Kier alpha value is -2.38. The lowest BCUT2D eigenvalue weighted by Gasteiger charge is -2.25. The summed E-state index contributed by atoms with van der Waals surface area (Å²) in [5, 5.41) is 4.97. The van der Waals surface area contributed by atoms with Gasteiger partial charge in [-0.2, -0.15) is 9.78 Å². The van der Waals surface area contributed by atoms with E-state index in [0.29, 0.717) is 5.69 Å². The van der Waals surface area contributed by atoms with Crippen molar-refractivity contribution in [2.45, 2.75) is 26.3 Å².